The zero-order valence-corrected chi connectivity index (χ0v) is 29.3. The Kier molecular flexibility index (Phi) is 14.8. The number of hydrogen-bond donors (Lipinski definition) is 1. The quantitative estimate of drug-likeness (QED) is 0.319. The van der Waals surface area contributed by atoms with Crippen molar-refractivity contribution < 1.29 is 42.8 Å². The van der Waals surface area contributed by atoms with Gasteiger partial charge in [-0.15, -0.1) is 0 Å². The Labute approximate surface area is 285 Å². The topological polar surface area (TPSA) is 179 Å². The summed E-state index contributed by atoms with van der Waals surface area (Å²) in [6.45, 7) is 16.7. The third kappa shape index (κ3) is 13.6. The molecule has 2 heterocycles. The van der Waals surface area contributed by atoms with Gasteiger partial charge in [-0.25, -0.2) is 14.0 Å². The number of nitrogens with zero attached hydrogens (tertiary/aromatic N) is 5. The van der Waals surface area contributed by atoms with E-state index in [9.17, 15) is 34.2 Å². The van der Waals surface area contributed by atoms with Crippen molar-refractivity contribution in [1.82, 2.24) is 15.1 Å². The molecule has 0 saturated carbocycles. The van der Waals surface area contributed by atoms with E-state index in [0.717, 1.165) is 50.1 Å². The Balaban J connectivity index is 0.000000281. The Morgan fingerprint density at radius 1 is 0.714 bits per heavy atom. The number of hydrogen-bond acceptors (Lipinski definition) is 12. The van der Waals surface area contributed by atoms with Crippen LogP contribution in [0.5, 0.6) is 11.5 Å². The molecule has 2 aromatic carbocycles. The van der Waals surface area contributed by atoms with Crippen molar-refractivity contribution in [1.29, 1.82) is 0 Å². The van der Waals surface area contributed by atoms with Crippen LogP contribution in [0.15, 0.2) is 36.4 Å². The van der Waals surface area contributed by atoms with E-state index in [1.165, 1.54) is 20.3 Å². The molecule has 49 heavy (non-hydrogen) atoms. The molecule has 2 amide bonds. The normalized spacial score (nSPS) is 14.7. The number of carbonyl (C=O) groups excluding carboxylic acids is 2. The molecule has 0 unspecified atom stereocenters. The fourth-order valence-corrected chi connectivity index (χ4v) is 4.46. The first-order chi connectivity index (χ1) is 22.8. The molecule has 1 N–H and O–H groups in total. The van der Waals surface area contributed by atoms with Crippen molar-refractivity contribution in [2.75, 3.05) is 71.5 Å². The molecule has 0 spiro atoms. The second kappa shape index (κ2) is 18.0. The molecule has 2 aromatic rings. The molecule has 0 aliphatic carbocycles. The predicted molar refractivity (Wildman–Crippen MR) is 180 cm³/mol. The largest absolute Gasteiger partial charge is 0.490 e. The lowest BCUT2D eigenvalue weighted by Gasteiger charge is -2.36. The fourth-order valence-electron chi connectivity index (χ4n) is 4.46. The van der Waals surface area contributed by atoms with E-state index in [4.69, 9.17) is 14.2 Å². The van der Waals surface area contributed by atoms with Crippen molar-refractivity contribution in [3.63, 3.8) is 0 Å². The minimum absolute atomic E-state index is 0.0614. The number of benzene rings is 2. The van der Waals surface area contributed by atoms with Gasteiger partial charge < -0.3 is 39.0 Å². The molecule has 272 valence electrons. The third-order valence-electron chi connectivity index (χ3n) is 6.76. The number of ether oxygens (including phenoxy) is 4. The van der Waals surface area contributed by atoms with Crippen molar-refractivity contribution in [2.45, 2.75) is 52.7 Å². The highest BCUT2D eigenvalue weighted by Crippen LogP contribution is 2.32. The molecule has 2 aliphatic rings. The van der Waals surface area contributed by atoms with Crippen LogP contribution >= 0.6 is 0 Å². The molecule has 0 aromatic heterocycles. The van der Waals surface area contributed by atoms with E-state index < -0.39 is 21.3 Å². The van der Waals surface area contributed by atoms with Crippen molar-refractivity contribution in [3.05, 3.63) is 62.4 Å². The number of rotatable bonds is 5. The van der Waals surface area contributed by atoms with Crippen LogP contribution in [-0.4, -0.2) is 110 Å². The van der Waals surface area contributed by atoms with Crippen LogP contribution in [0, 0.1) is 26.0 Å². The van der Waals surface area contributed by atoms with Crippen LogP contribution in [0.1, 0.15) is 41.5 Å². The maximum atomic E-state index is 12.5. The van der Waals surface area contributed by atoms with Crippen molar-refractivity contribution >= 4 is 29.2 Å². The number of methoxy groups -OCH3 is 2. The molecule has 2 fully saturated rings. The molecule has 16 nitrogen and oxygen atoms in total. The van der Waals surface area contributed by atoms with E-state index in [2.05, 4.69) is 15.0 Å². The lowest BCUT2D eigenvalue weighted by molar-refractivity contribution is -0.385. The van der Waals surface area contributed by atoms with Gasteiger partial charge in [0.2, 0.25) is 0 Å². The summed E-state index contributed by atoms with van der Waals surface area (Å²) in [7, 11) is 2.66. The van der Waals surface area contributed by atoms with Crippen LogP contribution in [0.2, 0.25) is 0 Å². The number of nitro benzene ring substituents is 2. The summed E-state index contributed by atoms with van der Waals surface area (Å²) in [6.07, 6.45) is -0.516. The highest BCUT2D eigenvalue weighted by molar-refractivity contribution is 5.69. The lowest BCUT2D eigenvalue weighted by atomic mass is 10.2. The van der Waals surface area contributed by atoms with Crippen LogP contribution in [0.4, 0.5) is 31.0 Å². The van der Waals surface area contributed by atoms with Crippen LogP contribution in [-0.2, 0) is 9.47 Å². The van der Waals surface area contributed by atoms with Crippen molar-refractivity contribution in [2.24, 2.45) is 0 Å². The second-order valence-corrected chi connectivity index (χ2v) is 12.9. The minimum Gasteiger partial charge on any atom is -0.490 e. The Morgan fingerprint density at radius 3 is 1.57 bits per heavy atom. The van der Waals surface area contributed by atoms with Crippen LogP contribution in [0.25, 0.3) is 0 Å². The van der Waals surface area contributed by atoms with Crippen molar-refractivity contribution in [3.8, 4) is 11.5 Å². The molecule has 2 saturated heterocycles. The highest BCUT2D eigenvalue weighted by Gasteiger charge is 2.27. The maximum absolute atomic E-state index is 12.5. The monoisotopic (exact) mass is 694 g/mol. The number of carbonyl (C=O) groups is 2. The van der Waals surface area contributed by atoms with Gasteiger partial charge in [-0.2, -0.15) is 0 Å². The molecule has 0 bridgehead atoms. The SMILES string of the molecule is CC(C)(C)OC(=O)N1CCNCC1.COc1cc(F)ccc1[N+](=O)[O-].COc1cc(N2CCN(C(=O)OC(C)(C)C)CC2)ccc1[N+](=O)[O-]. The smallest absolute Gasteiger partial charge is 0.410 e. The van der Waals surface area contributed by atoms with E-state index in [-0.39, 0.29) is 40.7 Å². The molecule has 2 aliphatic heterocycles. The van der Waals surface area contributed by atoms with Gasteiger partial charge in [-0.05, 0) is 53.7 Å². The van der Waals surface area contributed by atoms with Crippen LogP contribution < -0.4 is 19.7 Å². The number of halogens is 1. The molecule has 17 heteroatoms. The Bertz CT molecular complexity index is 1430. The van der Waals surface area contributed by atoms with E-state index in [0.29, 0.717) is 26.2 Å². The number of amides is 2. The van der Waals surface area contributed by atoms with Crippen LogP contribution in [0.3, 0.4) is 0 Å². The van der Waals surface area contributed by atoms with Gasteiger partial charge in [0.15, 0.2) is 11.5 Å². The third-order valence-corrected chi connectivity index (χ3v) is 6.76. The summed E-state index contributed by atoms with van der Waals surface area (Å²) in [6, 6.07) is 7.84. The average molecular weight is 695 g/mol. The summed E-state index contributed by atoms with van der Waals surface area (Å²) in [4.78, 5) is 49.2. The van der Waals surface area contributed by atoms with E-state index in [1.807, 2.05) is 41.5 Å². The van der Waals surface area contributed by atoms with E-state index in [1.54, 1.807) is 21.9 Å². The number of anilines is 1. The average Bonchev–Trinajstić information content (AvgIpc) is 3.03. The molecule has 0 atom stereocenters. The highest BCUT2D eigenvalue weighted by atomic mass is 19.1. The van der Waals surface area contributed by atoms with Gasteiger partial charge in [-0.1, -0.05) is 0 Å². The second-order valence-electron chi connectivity index (χ2n) is 12.9. The standard InChI is InChI=1S/C16H23N3O5.C9H18N2O2.C7H6FNO3/c1-16(2,3)24-15(20)18-9-7-17(8-10-18)12-5-6-13(19(21)22)14(11-12)23-4;1-9(2,3)13-8(12)11-6-4-10-5-7-11;1-12-7-4-5(8)2-3-6(7)9(10)11/h5-6,11H,7-10H2,1-4H3;10H,4-7H2,1-3H3;2-4H,1H3. The number of nitro groups is 2. The molecular formula is C32H47FN6O10. The molecular weight excluding hydrogens is 647 g/mol. The zero-order valence-electron chi connectivity index (χ0n) is 29.3. The maximum Gasteiger partial charge on any atom is 0.410 e. The first kappa shape index (κ1) is 40.2. The summed E-state index contributed by atoms with van der Waals surface area (Å²) >= 11 is 0. The summed E-state index contributed by atoms with van der Waals surface area (Å²) in [5.41, 5.74) is -0.365. The fraction of sp³-hybridized carbons (Fsp3) is 0.562. The van der Waals surface area contributed by atoms with Gasteiger partial charge in [0, 0.05) is 82.3 Å². The van der Waals surface area contributed by atoms with Gasteiger partial charge in [0.1, 0.15) is 17.0 Å². The number of piperazine rings is 2. The molecule has 0 radical (unpaired) electrons. The lowest BCUT2D eigenvalue weighted by Crippen LogP contribution is -2.50. The summed E-state index contributed by atoms with van der Waals surface area (Å²) in [5.74, 6) is -0.399. The minimum atomic E-state index is -0.627. The first-order valence-corrected chi connectivity index (χ1v) is 15.6. The number of nitrogens with one attached hydrogen (secondary N) is 1. The van der Waals surface area contributed by atoms with Gasteiger partial charge in [0.05, 0.1) is 24.1 Å². The Morgan fingerprint density at radius 2 is 1.14 bits per heavy atom. The Hall–Kier alpha value is -4.93. The molecule has 4 rings (SSSR count). The van der Waals surface area contributed by atoms with Gasteiger partial charge in [0.25, 0.3) is 0 Å². The predicted octanol–water partition coefficient (Wildman–Crippen LogP) is 5.23. The van der Waals surface area contributed by atoms with Gasteiger partial charge >= 0.3 is 23.6 Å². The van der Waals surface area contributed by atoms with Gasteiger partial charge in [-0.3, -0.25) is 20.2 Å². The first-order valence-electron chi connectivity index (χ1n) is 15.6. The van der Waals surface area contributed by atoms with E-state index >= 15 is 0 Å². The zero-order chi connectivity index (χ0) is 36.9. The summed E-state index contributed by atoms with van der Waals surface area (Å²) in [5, 5.41) is 24.4. The summed E-state index contributed by atoms with van der Waals surface area (Å²) < 4.78 is 32.8.